The molecule has 0 aliphatic heterocycles. The van der Waals surface area contributed by atoms with Gasteiger partial charge in [0.15, 0.2) is 5.58 Å². The van der Waals surface area contributed by atoms with E-state index in [0.29, 0.717) is 29.9 Å². The van der Waals surface area contributed by atoms with Gasteiger partial charge in [-0.2, -0.15) is 0 Å². The lowest BCUT2D eigenvalue weighted by Crippen LogP contribution is -2.30. The number of benzene rings is 2. The monoisotopic (exact) mass is 400 g/mol. The fourth-order valence-electron chi connectivity index (χ4n) is 3.63. The lowest BCUT2D eigenvalue weighted by atomic mass is 10.1. The molecule has 0 saturated heterocycles. The summed E-state index contributed by atoms with van der Waals surface area (Å²) in [5.74, 6) is 0.166. The summed E-state index contributed by atoms with van der Waals surface area (Å²) in [4.78, 5) is 21.5. The van der Waals surface area contributed by atoms with Gasteiger partial charge in [-0.25, -0.2) is 4.79 Å². The third-order valence-corrected chi connectivity index (χ3v) is 5.09. The van der Waals surface area contributed by atoms with Crippen LogP contribution in [0.5, 0.6) is 5.75 Å². The van der Waals surface area contributed by atoms with Crippen molar-refractivity contribution in [2.75, 3.05) is 6.61 Å². The summed E-state index contributed by atoms with van der Waals surface area (Å²) < 4.78 is 11.0. The molecule has 0 radical (unpaired) electrons. The molecule has 0 saturated carbocycles. The largest absolute Gasteiger partial charge is 0.490 e. The zero-order valence-electron chi connectivity index (χ0n) is 16.1. The number of nitrogens with zero attached hydrogens (tertiary/aromatic N) is 1. The van der Waals surface area contributed by atoms with Crippen molar-refractivity contribution in [3.63, 3.8) is 0 Å². The molecule has 0 fully saturated rings. The summed E-state index contributed by atoms with van der Waals surface area (Å²) in [6, 6.07) is 15.4. The first-order valence-electron chi connectivity index (χ1n) is 9.67. The smallest absolute Gasteiger partial charge is 0.417 e. The first-order chi connectivity index (χ1) is 14.7. The second-order valence-electron chi connectivity index (χ2n) is 7.27. The molecule has 150 valence electrons. The standard InChI is InChI=1S/C23H20N4O3/c24-17(7-16-11-26-20-4-2-1-3-19(16)20)13-29-18-8-15(10-25-12-18)14-5-6-21-22(9-14)30-23(28)27-21/h1-6,8-12,17,26H,7,13,24H2,(H,27,28)/t17-/m1/s1. The van der Waals surface area contributed by atoms with Crippen LogP contribution >= 0.6 is 0 Å². The predicted octanol–water partition coefficient (Wildman–Crippen LogP) is 3.61. The number of H-pyrrole nitrogens is 2. The zero-order valence-corrected chi connectivity index (χ0v) is 16.1. The van der Waals surface area contributed by atoms with Gasteiger partial charge >= 0.3 is 5.76 Å². The maximum Gasteiger partial charge on any atom is 0.417 e. The molecule has 0 spiro atoms. The second kappa shape index (κ2) is 7.53. The molecular formula is C23H20N4O3. The van der Waals surface area contributed by atoms with E-state index in [9.17, 15) is 4.79 Å². The molecule has 7 heteroatoms. The number of pyridine rings is 1. The van der Waals surface area contributed by atoms with Crippen LogP contribution in [0.25, 0.3) is 33.1 Å². The minimum absolute atomic E-state index is 0.154. The normalized spacial score (nSPS) is 12.4. The van der Waals surface area contributed by atoms with Crippen molar-refractivity contribution in [3.05, 3.63) is 83.2 Å². The molecule has 2 aromatic carbocycles. The van der Waals surface area contributed by atoms with Crippen LogP contribution in [-0.4, -0.2) is 27.6 Å². The first-order valence-corrected chi connectivity index (χ1v) is 9.67. The van der Waals surface area contributed by atoms with Gasteiger partial charge in [0, 0.05) is 34.9 Å². The predicted molar refractivity (Wildman–Crippen MR) is 116 cm³/mol. The summed E-state index contributed by atoms with van der Waals surface area (Å²) in [6.07, 6.45) is 6.12. The third-order valence-electron chi connectivity index (χ3n) is 5.09. The van der Waals surface area contributed by atoms with Crippen molar-refractivity contribution in [1.29, 1.82) is 0 Å². The SMILES string of the molecule is N[C@@H](COc1cncc(-c2ccc3[nH]c(=O)oc3c2)c1)Cc1c[nH]c2ccccc12. The van der Waals surface area contributed by atoms with E-state index in [-0.39, 0.29) is 6.04 Å². The molecule has 7 nitrogen and oxygen atoms in total. The van der Waals surface area contributed by atoms with Crippen LogP contribution in [0.2, 0.25) is 0 Å². The Bertz CT molecular complexity index is 1380. The van der Waals surface area contributed by atoms with E-state index in [1.165, 1.54) is 10.9 Å². The van der Waals surface area contributed by atoms with Gasteiger partial charge < -0.3 is 19.9 Å². The van der Waals surface area contributed by atoms with Gasteiger partial charge in [-0.1, -0.05) is 24.3 Å². The van der Waals surface area contributed by atoms with E-state index in [1.54, 1.807) is 24.5 Å². The number of aromatic nitrogens is 3. The number of oxazole rings is 1. The van der Waals surface area contributed by atoms with E-state index >= 15 is 0 Å². The van der Waals surface area contributed by atoms with Gasteiger partial charge in [-0.15, -0.1) is 0 Å². The molecule has 3 aromatic heterocycles. The highest BCUT2D eigenvalue weighted by Gasteiger charge is 2.11. The number of hydrogen-bond donors (Lipinski definition) is 3. The van der Waals surface area contributed by atoms with Crippen molar-refractivity contribution in [3.8, 4) is 16.9 Å². The third kappa shape index (κ3) is 3.58. The second-order valence-corrected chi connectivity index (χ2v) is 7.27. The fraction of sp³-hybridized carbons (Fsp3) is 0.130. The maximum atomic E-state index is 11.4. The number of nitrogens with two attached hydrogens (primary N) is 1. The first kappa shape index (κ1) is 18.2. The number of fused-ring (bicyclic) bond motifs is 2. The number of para-hydroxylation sites is 1. The Hall–Kier alpha value is -3.84. The van der Waals surface area contributed by atoms with Crippen LogP contribution in [0.3, 0.4) is 0 Å². The van der Waals surface area contributed by atoms with E-state index in [4.69, 9.17) is 14.9 Å². The number of ether oxygens (including phenoxy) is 1. The number of nitrogens with one attached hydrogen (secondary N) is 2. The van der Waals surface area contributed by atoms with Gasteiger partial charge in [0.05, 0.1) is 11.7 Å². The molecule has 0 aliphatic carbocycles. The van der Waals surface area contributed by atoms with Gasteiger partial charge in [0.25, 0.3) is 0 Å². The molecule has 5 aromatic rings. The molecular weight excluding hydrogens is 380 g/mol. The van der Waals surface area contributed by atoms with Crippen LogP contribution in [-0.2, 0) is 6.42 Å². The fourth-order valence-corrected chi connectivity index (χ4v) is 3.63. The van der Waals surface area contributed by atoms with Crippen LogP contribution in [0, 0.1) is 0 Å². The average molecular weight is 400 g/mol. The molecule has 0 unspecified atom stereocenters. The lowest BCUT2D eigenvalue weighted by Gasteiger charge is -2.13. The Morgan fingerprint density at radius 2 is 1.97 bits per heavy atom. The minimum Gasteiger partial charge on any atom is -0.490 e. The van der Waals surface area contributed by atoms with Crippen LogP contribution in [0.4, 0.5) is 0 Å². The molecule has 0 amide bonds. The molecule has 0 bridgehead atoms. The van der Waals surface area contributed by atoms with Gasteiger partial charge in [0.1, 0.15) is 12.4 Å². The van der Waals surface area contributed by atoms with E-state index in [0.717, 1.165) is 16.6 Å². The van der Waals surface area contributed by atoms with Gasteiger partial charge in [-0.05, 0) is 41.8 Å². The molecule has 3 heterocycles. The average Bonchev–Trinajstić information content (AvgIpc) is 3.34. The maximum absolute atomic E-state index is 11.4. The number of aromatic amines is 2. The Kier molecular flexibility index (Phi) is 4.57. The molecule has 5 rings (SSSR count). The number of hydrogen-bond acceptors (Lipinski definition) is 5. The quantitative estimate of drug-likeness (QED) is 0.403. The van der Waals surface area contributed by atoms with E-state index < -0.39 is 5.76 Å². The van der Waals surface area contributed by atoms with Gasteiger partial charge in [0.2, 0.25) is 0 Å². The highest BCUT2D eigenvalue weighted by atomic mass is 16.5. The Balaban J connectivity index is 1.28. The topological polar surface area (TPSA) is 110 Å². The summed E-state index contributed by atoms with van der Waals surface area (Å²) in [6.45, 7) is 0.371. The van der Waals surface area contributed by atoms with Crippen LogP contribution in [0.1, 0.15) is 5.56 Å². The van der Waals surface area contributed by atoms with Crippen molar-refractivity contribution in [2.24, 2.45) is 5.73 Å². The van der Waals surface area contributed by atoms with Crippen molar-refractivity contribution in [2.45, 2.75) is 12.5 Å². The molecule has 30 heavy (non-hydrogen) atoms. The number of rotatable bonds is 6. The Morgan fingerprint density at radius 1 is 1.07 bits per heavy atom. The van der Waals surface area contributed by atoms with Crippen LogP contribution < -0.4 is 16.2 Å². The Labute approximate surface area is 171 Å². The highest BCUT2D eigenvalue weighted by Crippen LogP contribution is 2.26. The van der Waals surface area contributed by atoms with Crippen molar-refractivity contribution < 1.29 is 9.15 Å². The van der Waals surface area contributed by atoms with Gasteiger partial charge in [-0.3, -0.25) is 9.97 Å². The Morgan fingerprint density at radius 3 is 2.90 bits per heavy atom. The summed E-state index contributed by atoms with van der Waals surface area (Å²) in [7, 11) is 0. The summed E-state index contributed by atoms with van der Waals surface area (Å²) in [5.41, 5.74) is 11.5. The highest BCUT2D eigenvalue weighted by molar-refractivity contribution is 5.83. The molecule has 1 atom stereocenters. The van der Waals surface area contributed by atoms with Crippen molar-refractivity contribution in [1.82, 2.24) is 15.0 Å². The van der Waals surface area contributed by atoms with E-state index in [1.807, 2.05) is 36.5 Å². The lowest BCUT2D eigenvalue weighted by molar-refractivity contribution is 0.287. The van der Waals surface area contributed by atoms with Crippen LogP contribution in [0.15, 0.2) is 76.3 Å². The summed E-state index contributed by atoms with van der Waals surface area (Å²) >= 11 is 0. The molecule has 4 N–H and O–H groups in total. The summed E-state index contributed by atoms with van der Waals surface area (Å²) in [5, 5.41) is 1.18. The zero-order chi connectivity index (χ0) is 20.5. The minimum atomic E-state index is -0.471. The molecule has 0 aliphatic rings. The van der Waals surface area contributed by atoms with Crippen molar-refractivity contribution >= 4 is 22.0 Å². The van der Waals surface area contributed by atoms with E-state index in [2.05, 4.69) is 21.0 Å².